The highest BCUT2D eigenvalue weighted by molar-refractivity contribution is 7.10. The third-order valence-corrected chi connectivity index (χ3v) is 5.46. The maximum atomic E-state index is 12.4. The Balaban J connectivity index is 2.15. The second-order valence-electron chi connectivity index (χ2n) is 5.10. The van der Waals surface area contributed by atoms with Gasteiger partial charge in [0.05, 0.1) is 10.5 Å². The Labute approximate surface area is 132 Å². The maximum absolute atomic E-state index is 12.4. The molecule has 1 amide bonds. The number of carbonyl (C=O) groups excluding carboxylic acids is 1. The number of hydrogen-bond donors (Lipinski definition) is 2. The zero-order chi connectivity index (χ0) is 15.5. The van der Waals surface area contributed by atoms with E-state index in [-0.39, 0.29) is 5.91 Å². The van der Waals surface area contributed by atoms with Crippen molar-refractivity contribution in [3.8, 4) is 0 Å². The average Bonchev–Trinajstić information content (AvgIpc) is 3.08. The molecule has 2 aromatic rings. The van der Waals surface area contributed by atoms with Crippen LogP contribution in [0.15, 0.2) is 10.8 Å². The first-order chi connectivity index (χ1) is 9.98. The summed E-state index contributed by atoms with van der Waals surface area (Å²) in [6.45, 7) is 6.53. The molecule has 0 bridgehead atoms. The van der Waals surface area contributed by atoms with E-state index in [1.54, 1.807) is 16.7 Å². The number of aromatic nitrogens is 2. The Morgan fingerprint density at radius 2 is 2.14 bits per heavy atom. The molecule has 114 valence electrons. The number of thiazole rings is 2. The molecule has 1 atom stereocenters. The Morgan fingerprint density at radius 3 is 2.71 bits per heavy atom. The second kappa shape index (κ2) is 6.64. The van der Waals surface area contributed by atoms with Crippen molar-refractivity contribution in [1.29, 1.82) is 0 Å². The van der Waals surface area contributed by atoms with Crippen molar-refractivity contribution >= 4 is 28.6 Å². The number of nitrogens with two attached hydrogens (primary N) is 1. The summed E-state index contributed by atoms with van der Waals surface area (Å²) in [6, 6.07) is 0. The molecule has 0 aliphatic rings. The molecule has 2 aromatic heterocycles. The van der Waals surface area contributed by atoms with E-state index in [4.69, 9.17) is 5.73 Å². The van der Waals surface area contributed by atoms with Gasteiger partial charge < -0.3 is 11.1 Å². The van der Waals surface area contributed by atoms with Crippen LogP contribution in [-0.2, 0) is 12.0 Å². The normalized spacial score (nSPS) is 13.9. The highest BCUT2D eigenvalue weighted by atomic mass is 32.1. The molecule has 0 aliphatic heterocycles. The summed E-state index contributed by atoms with van der Waals surface area (Å²) < 4.78 is 0. The minimum atomic E-state index is -0.465. The van der Waals surface area contributed by atoms with Crippen LogP contribution in [0.5, 0.6) is 0 Å². The molecule has 0 spiro atoms. The molecule has 1 unspecified atom stereocenters. The highest BCUT2D eigenvalue weighted by Gasteiger charge is 2.30. The molecule has 2 rings (SSSR count). The van der Waals surface area contributed by atoms with Crippen LogP contribution in [0.2, 0.25) is 0 Å². The fourth-order valence-electron chi connectivity index (χ4n) is 1.87. The predicted octanol–water partition coefficient (Wildman–Crippen LogP) is 2.46. The van der Waals surface area contributed by atoms with E-state index in [1.165, 1.54) is 11.3 Å². The molecule has 0 saturated heterocycles. The monoisotopic (exact) mass is 324 g/mol. The number of hydrogen-bond acceptors (Lipinski definition) is 6. The fourth-order valence-corrected chi connectivity index (χ4v) is 3.65. The number of carbonyl (C=O) groups is 1. The topological polar surface area (TPSA) is 80.9 Å². The van der Waals surface area contributed by atoms with Crippen molar-refractivity contribution in [3.63, 3.8) is 0 Å². The summed E-state index contributed by atoms with van der Waals surface area (Å²) in [7, 11) is 0. The van der Waals surface area contributed by atoms with Gasteiger partial charge in [0.15, 0.2) is 0 Å². The average molecular weight is 324 g/mol. The van der Waals surface area contributed by atoms with Crippen molar-refractivity contribution in [2.24, 2.45) is 5.73 Å². The molecule has 5 nitrogen and oxygen atoms in total. The molecule has 0 saturated carbocycles. The predicted molar refractivity (Wildman–Crippen MR) is 86.8 cm³/mol. The van der Waals surface area contributed by atoms with Crippen molar-refractivity contribution < 1.29 is 4.79 Å². The lowest BCUT2D eigenvalue weighted by molar-refractivity contribution is 0.0897. The van der Waals surface area contributed by atoms with Crippen molar-refractivity contribution in [2.45, 2.75) is 39.2 Å². The van der Waals surface area contributed by atoms with Crippen LogP contribution in [-0.4, -0.2) is 22.4 Å². The number of rotatable bonds is 6. The number of aryl methyl sites for hydroxylation is 1. The van der Waals surface area contributed by atoms with Crippen LogP contribution in [0, 0.1) is 6.92 Å². The summed E-state index contributed by atoms with van der Waals surface area (Å²) in [6.07, 6.45) is 1.47. The van der Waals surface area contributed by atoms with Gasteiger partial charge in [0.25, 0.3) is 5.91 Å². The lowest BCUT2D eigenvalue weighted by Crippen LogP contribution is -2.43. The molecule has 0 aromatic carbocycles. The van der Waals surface area contributed by atoms with Gasteiger partial charge in [-0.05, 0) is 26.8 Å². The first kappa shape index (κ1) is 16.1. The summed E-state index contributed by atoms with van der Waals surface area (Å²) in [5, 5.41) is 8.66. The lowest BCUT2D eigenvalue weighted by atomic mass is 9.99. The third kappa shape index (κ3) is 3.66. The molecule has 7 heteroatoms. The molecule has 21 heavy (non-hydrogen) atoms. The van der Waals surface area contributed by atoms with Crippen molar-refractivity contribution in [2.75, 3.05) is 6.54 Å². The molecular weight excluding hydrogens is 304 g/mol. The summed E-state index contributed by atoms with van der Waals surface area (Å²) in [4.78, 5) is 21.2. The van der Waals surface area contributed by atoms with E-state index in [1.807, 2.05) is 26.2 Å². The molecule has 0 radical (unpaired) electrons. The SMILES string of the molecule is CCC(C)(NC(=O)c1csc(CCN)n1)c1nc(C)cs1. The standard InChI is InChI=1S/C14H20N4OS2/c1-4-14(3,13-16-9(2)7-21-13)18-12(19)10-8-20-11(17-10)5-6-15/h7-8H,4-6,15H2,1-3H3,(H,18,19). The fraction of sp³-hybridized carbons (Fsp3) is 0.500. The van der Waals surface area contributed by atoms with E-state index in [9.17, 15) is 4.79 Å². The van der Waals surface area contributed by atoms with Gasteiger partial charge in [-0.25, -0.2) is 9.97 Å². The lowest BCUT2D eigenvalue weighted by Gasteiger charge is -2.27. The zero-order valence-electron chi connectivity index (χ0n) is 12.5. The summed E-state index contributed by atoms with van der Waals surface area (Å²) >= 11 is 3.04. The van der Waals surface area contributed by atoms with Crippen LogP contribution in [0.25, 0.3) is 0 Å². The number of nitrogens with zero attached hydrogens (tertiary/aromatic N) is 2. The highest BCUT2D eigenvalue weighted by Crippen LogP contribution is 2.28. The minimum Gasteiger partial charge on any atom is -0.339 e. The zero-order valence-corrected chi connectivity index (χ0v) is 14.1. The number of amides is 1. The Hall–Kier alpha value is -1.31. The molecule has 3 N–H and O–H groups in total. The first-order valence-electron chi connectivity index (χ1n) is 6.88. The summed E-state index contributed by atoms with van der Waals surface area (Å²) in [5.74, 6) is -0.160. The maximum Gasteiger partial charge on any atom is 0.271 e. The van der Waals surface area contributed by atoms with E-state index in [2.05, 4.69) is 15.3 Å². The van der Waals surface area contributed by atoms with Gasteiger partial charge in [0, 0.05) is 22.9 Å². The molecule has 2 heterocycles. The van der Waals surface area contributed by atoms with Crippen LogP contribution in [0.1, 0.15) is 46.5 Å². The smallest absolute Gasteiger partial charge is 0.271 e. The van der Waals surface area contributed by atoms with Crippen LogP contribution in [0.4, 0.5) is 0 Å². The Kier molecular flexibility index (Phi) is 5.08. The van der Waals surface area contributed by atoms with Crippen molar-refractivity contribution in [1.82, 2.24) is 15.3 Å². The molecule has 0 aliphatic carbocycles. The second-order valence-corrected chi connectivity index (χ2v) is 6.90. The first-order valence-corrected chi connectivity index (χ1v) is 8.64. The van der Waals surface area contributed by atoms with Gasteiger partial charge in [-0.3, -0.25) is 4.79 Å². The number of nitrogens with one attached hydrogen (secondary N) is 1. The van der Waals surface area contributed by atoms with E-state index in [0.717, 1.165) is 22.1 Å². The van der Waals surface area contributed by atoms with E-state index >= 15 is 0 Å². The van der Waals surface area contributed by atoms with Gasteiger partial charge >= 0.3 is 0 Å². The molecular formula is C14H20N4OS2. The summed E-state index contributed by atoms with van der Waals surface area (Å²) in [5.41, 5.74) is 6.47. The van der Waals surface area contributed by atoms with Gasteiger partial charge in [0.2, 0.25) is 0 Å². The van der Waals surface area contributed by atoms with E-state index in [0.29, 0.717) is 18.7 Å². The van der Waals surface area contributed by atoms with Crippen LogP contribution in [0.3, 0.4) is 0 Å². The van der Waals surface area contributed by atoms with E-state index < -0.39 is 5.54 Å². The minimum absolute atomic E-state index is 0.160. The molecule has 0 fully saturated rings. The van der Waals surface area contributed by atoms with Gasteiger partial charge in [-0.2, -0.15) is 0 Å². The Bertz CT molecular complexity index is 622. The van der Waals surface area contributed by atoms with Crippen molar-refractivity contribution in [3.05, 3.63) is 32.2 Å². The quantitative estimate of drug-likeness (QED) is 0.855. The van der Waals surface area contributed by atoms with Crippen LogP contribution < -0.4 is 11.1 Å². The third-order valence-electron chi connectivity index (χ3n) is 3.33. The van der Waals surface area contributed by atoms with Gasteiger partial charge in [0.1, 0.15) is 10.7 Å². The van der Waals surface area contributed by atoms with Gasteiger partial charge in [-0.15, -0.1) is 22.7 Å². The van der Waals surface area contributed by atoms with Gasteiger partial charge in [-0.1, -0.05) is 6.92 Å². The largest absolute Gasteiger partial charge is 0.339 e. The van der Waals surface area contributed by atoms with Crippen LogP contribution >= 0.6 is 22.7 Å². The Morgan fingerprint density at radius 1 is 1.38 bits per heavy atom.